The van der Waals surface area contributed by atoms with Gasteiger partial charge >= 0.3 is 5.97 Å². The predicted octanol–water partition coefficient (Wildman–Crippen LogP) is 1.86. The van der Waals surface area contributed by atoms with Gasteiger partial charge in [0.25, 0.3) is 0 Å². The van der Waals surface area contributed by atoms with Crippen LogP contribution in [0, 0.1) is 23.7 Å². The van der Waals surface area contributed by atoms with Gasteiger partial charge in [0.1, 0.15) is 23.7 Å². The van der Waals surface area contributed by atoms with Crippen molar-refractivity contribution >= 4 is 11.9 Å². The number of aliphatic hydroxyl groups is 4. The molecule has 0 bridgehead atoms. The number of fused-ring (bicyclic) bond motifs is 3. The second kappa shape index (κ2) is 14.1. The summed E-state index contributed by atoms with van der Waals surface area (Å²) in [6, 6.07) is -0.165. The molecule has 5 heterocycles. The number of carbonyl (C=O) groups excluding carboxylic acids is 2. The van der Waals surface area contributed by atoms with E-state index in [4.69, 9.17) is 33.2 Å². The average Bonchev–Trinajstić information content (AvgIpc) is 3.78. The van der Waals surface area contributed by atoms with Crippen molar-refractivity contribution in [3.8, 4) is 0 Å². The highest BCUT2D eigenvalue weighted by Gasteiger charge is 2.76. The molecule has 0 saturated carbocycles. The number of hydrogen-bond acceptors (Lipinski definition) is 13. The van der Waals surface area contributed by atoms with E-state index in [1.807, 2.05) is 20.8 Å². The van der Waals surface area contributed by atoms with Crippen molar-refractivity contribution in [2.24, 2.45) is 23.7 Å². The van der Waals surface area contributed by atoms with E-state index in [0.717, 1.165) is 0 Å². The number of epoxide rings is 1. The standard InChI is InChI=1S/C36H61NO13/c1-12-24-34(9,43)29(40)19(4)27(39)17(2)15-33(8,42)30(47-25-14-23(13-18(3)45-25)37(10)22(7)38)20(5)28-26(32(41)46-24)35(49-28)16-36(44-11)31(50-36)21(6)48-35/h17-21,23-31,39-40,42-43H,12-16H2,1-11H3/t17-,18?,19+,20+,21?,23?,24-,25?,26-,27+,28+,29-,30-,31?,33+,34-,35?,36?/m1/s1. The molecule has 18 atom stereocenters. The zero-order valence-corrected chi connectivity index (χ0v) is 31.5. The zero-order chi connectivity index (χ0) is 37.3. The molecule has 0 radical (unpaired) electrons. The second-order valence-corrected chi connectivity index (χ2v) is 16.4. The van der Waals surface area contributed by atoms with Gasteiger partial charge in [-0.05, 0) is 52.9 Å². The lowest BCUT2D eigenvalue weighted by molar-refractivity contribution is -0.421. The summed E-state index contributed by atoms with van der Waals surface area (Å²) in [5.41, 5.74) is -3.56. The molecule has 5 rings (SSSR count). The van der Waals surface area contributed by atoms with E-state index < -0.39 is 95.3 Å². The molecule has 50 heavy (non-hydrogen) atoms. The largest absolute Gasteiger partial charge is 0.459 e. The first-order chi connectivity index (χ1) is 23.1. The first-order valence-electron chi connectivity index (χ1n) is 18.3. The highest BCUT2D eigenvalue weighted by atomic mass is 16.8. The minimum Gasteiger partial charge on any atom is -0.459 e. The molecule has 4 N–H and O–H groups in total. The van der Waals surface area contributed by atoms with Crippen molar-refractivity contribution in [1.29, 1.82) is 0 Å². The number of rotatable bonds is 5. The maximum Gasteiger partial charge on any atom is 0.317 e. The van der Waals surface area contributed by atoms with Gasteiger partial charge in [0.15, 0.2) is 12.1 Å². The molecular formula is C36H61NO13. The average molecular weight is 716 g/mol. The number of amides is 1. The Labute approximate surface area is 296 Å². The Morgan fingerprint density at radius 1 is 1.02 bits per heavy atom. The van der Waals surface area contributed by atoms with E-state index in [0.29, 0.717) is 12.8 Å². The van der Waals surface area contributed by atoms with Crippen LogP contribution < -0.4 is 0 Å². The molecule has 1 spiro atoms. The van der Waals surface area contributed by atoms with E-state index in [2.05, 4.69) is 0 Å². The smallest absolute Gasteiger partial charge is 0.317 e. The molecule has 0 aromatic heterocycles. The fraction of sp³-hybridized carbons (Fsp3) is 0.944. The van der Waals surface area contributed by atoms with Gasteiger partial charge in [-0.15, -0.1) is 0 Å². The number of methoxy groups -OCH3 is 1. The van der Waals surface area contributed by atoms with E-state index in [1.54, 1.807) is 39.6 Å². The Morgan fingerprint density at radius 3 is 2.28 bits per heavy atom. The van der Waals surface area contributed by atoms with Gasteiger partial charge in [-0.1, -0.05) is 27.7 Å². The van der Waals surface area contributed by atoms with Gasteiger partial charge in [-0.3, -0.25) is 9.59 Å². The summed E-state index contributed by atoms with van der Waals surface area (Å²) in [6.07, 6.45) is -6.35. The van der Waals surface area contributed by atoms with Crippen LogP contribution >= 0.6 is 0 Å². The molecule has 7 unspecified atom stereocenters. The molecule has 288 valence electrons. The molecule has 0 aromatic rings. The minimum atomic E-state index is -1.93. The monoisotopic (exact) mass is 715 g/mol. The highest BCUT2D eigenvalue weighted by molar-refractivity contribution is 5.76. The second-order valence-electron chi connectivity index (χ2n) is 16.4. The van der Waals surface area contributed by atoms with Crippen LogP contribution in [0.15, 0.2) is 0 Å². The lowest BCUT2D eigenvalue weighted by Gasteiger charge is -2.59. The fourth-order valence-corrected chi connectivity index (χ4v) is 9.35. The first-order valence-corrected chi connectivity index (χ1v) is 18.3. The van der Waals surface area contributed by atoms with Gasteiger partial charge in [0.05, 0.1) is 48.6 Å². The molecule has 0 aliphatic carbocycles. The zero-order valence-electron chi connectivity index (χ0n) is 31.5. The third-order valence-electron chi connectivity index (χ3n) is 12.4. The number of hydrogen-bond donors (Lipinski definition) is 4. The molecule has 5 fully saturated rings. The lowest BCUT2D eigenvalue weighted by Crippen LogP contribution is -2.73. The third kappa shape index (κ3) is 6.99. The van der Waals surface area contributed by atoms with E-state index in [-0.39, 0.29) is 43.4 Å². The number of esters is 1. The third-order valence-corrected chi connectivity index (χ3v) is 12.4. The Hall–Kier alpha value is -1.46. The van der Waals surface area contributed by atoms with E-state index >= 15 is 0 Å². The number of cyclic esters (lactones) is 1. The van der Waals surface area contributed by atoms with Gasteiger partial charge in [-0.2, -0.15) is 0 Å². The number of ether oxygens (including phenoxy) is 7. The molecule has 5 saturated heterocycles. The number of aliphatic hydroxyl groups excluding tert-OH is 2. The van der Waals surface area contributed by atoms with Crippen LogP contribution in [0.3, 0.4) is 0 Å². The Balaban J connectivity index is 1.56. The van der Waals surface area contributed by atoms with Crippen molar-refractivity contribution in [1.82, 2.24) is 4.90 Å². The first kappa shape index (κ1) is 39.7. The van der Waals surface area contributed by atoms with Crippen molar-refractivity contribution in [3.63, 3.8) is 0 Å². The Morgan fingerprint density at radius 2 is 1.68 bits per heavy atom. The van der Waals surface area contributed by atoms with Crippen LogP contribution in [0.25, 0.3) is 0 Å². The Bertz CT molecular complexity index is 1250. The summed E-state index contributed by atoms with van der Waals surface area (Å²) in [4.78, 5) is 28.4. The molecule has 5 aliphatic rings. The molecular weight excluding hydrogens is 654 g/mol. The lowest BCUT2D eigenvalue weighted by atomic mass is 9.69. The van der Waals surface area contributed by atoms with Gasteiger partial charge in [0, 0.05) is 45.4 Å². The highest BCUT2D eigenvalue weighted by Crippen LogP contribution is 2.60. The summed E-state index contributed by atoms with van der Waals surface area (Å²) in [6.45, 7) is 15.2. The van der Waals surface area contributed by atoms with Gasteiger partial charge < -0.3 is 58.5 Å². The van der Waals surface area contributed by atoms with Crippen LogP contribution in [-0.2, 0) is 42.7 Å². The molecule has 14 nitrogen and oxygen atoms in total. The van der Waals surface area contributed by atoms with Crippen molar-refractivity contribution in [2.45, 2.75) is 178 Å². The minimum absolute atomic E-state index is 0.0292. The summed E-state index contributed by atoms with van der Waals surface area (Å²) in [5.74, 6) is -6.50. The van der Waals surface area contributed by atoms with E-state index in [1.165, 1.54) is 21.0 Å². The number of carbonyl (C=O) groups is 2. The van der Waals surface area contributed by atoms with Crippen LogP contribution in [0.1, 0.15) is 94.4 Å². The van der Waals surface area contributed by atoms with Crippen LogP contribution in [0.2, 0.25) is 0 Å². The van der Waals surface area contributed by atoms with Gasteiger partial charge in [-0.25, -0.2) is 0 Å². The molecule has 14 heteroatoms. The number of nitrogens with zero attached hydrogens (tertiary/aromatic N) is 1. The SMILES string of the molecule is CC[C@H]1OC(=O)[C@H]2[C@@H](OC23CC2(OC)OC2C(C)O3)[C@H](C)[C@@H](OC2CC(N(C)C(C)=O)CC(C)O2)[C@@](C)(O)C[C@@H](C)[C@H](O)[C@H](C)[C@@H](O)[C@]1(C)O. The maximum absolute atomic E-state index is 14.5. The van der Waals surface area contributed by atoms with E-state index in [9.17, 15) is 30.0 Å². The van der Waals surface area contributed by atoms with Crippen molar-refractivity contribution in [2.75, 3.05) is 14.2 Å². The summed E-state index contributed by atoms with van der Waals surface area (Å²) in [7, 11) is 3.27. The fourth-order valence-electron chi connectivity index (χ4n) is 9.35. The molecule has 0 aromatic carbocycles. The summed E-state index contributed by atoms with van der Waals surface area (Å²) < 4.78 is 43.7. The summed E-state index contributed by atoms with van der Waals surface area (Å²) >= 11 is 0. The van der Waals surface area contributed by atoms with Crippen molar-refractivity contribution in [3.05, 3.63) is 0 Å². The summed E-state index contributed by atoms with van der Waals surface area (Å²) in [5, 5.41) is 47.0. The predicted molar refractivity (Wildman–Crippen MR) is 177 cm³/mol. The quantitative estimate of drug-likeness (QED) is 0.239. The molecule has 5 aliphatic heterocycles. The van der Waals surface area contributed by atoms with Crippen LogP contribution in [0.4, 0.5) is 0 Å². The van der Waals surface area contributed by atoms with Crippen molar-refractivity contribution < 1.29 is 63.2 Å². The normalized spacial score (nSPS) is 52.9. The van der Waals surface area contributed by atoms with Crippen LogP contribution in [0.5, 0.6) is 0 Å². The Kier molecular flexibility index (Phi) is 11.2. The van der Waals surface area contributed by atoms with Crippen LogP contribution in [-0.4, -0.2) is 135 Å². The maximum atomic E-state index is 14.5. The van der Waals surface area contributed by atoms with Gasteiger partial charge in [0.2, 0.25) is 11.7 Å². The molecule has 1 amide bonds. The topological polar surface area (TPSA) is 186 Å².